The van der Waals surface area contributed by atoms with Gasteiger partial charge in [-0.2, -0.15) is 0 Å². The summed E-state index contributed by atoms with van der Waals surface area (Å²) in [5.41, 5.74) is 0.229. The summed E-state index contributed by atoms with van der Waals surface area (Å²) < 4.78 is 40.4. The summed E-state index contributed by atoms with van der Waals surface area (Å²) in [6.07, 6.45) is 0.491. The molecule has 1 aliphatic heterocycles. The molecule has 1 aliphatic rings. The third kappa shape index (κ3) is 5.52. The van der Waals surface area contributed by atoms with Crippen LogP contribution in [-0.2, 0) is 10.0 Å². The van der Waals surface area contributed by atoms with Crippen molar-refractivity contribution in [3.05, 3.63) is 58.9 Å². The van der Waals surface area contributed by atoms with Crippen LogP contribution in [-0.4, -0.2) is 63.4 Å². The van der Waals surface area contributed by atoms with E-state index in [-0.39, 0.29) is 29.6 Å². The summed E-state index contributed by atoms with van der Waals surface area (Å²) in [5, 5.41) is 3.26. The maximum absolute atomic E-state index is 14.3. The van der Waals surface area contributed by atoms with E-state index in [0.29, 0.717) is 30.2 Å². The van der Waals surface area contributed by atoms with Gasteiger partial charge in [-0.25, -0.2) is 22.3 Å². The fourth-order valence-corrected chi connectivity index (χ4v) is 4.16. The number of sulfonamides is 1. The van der Waals surface area contributed by atoms with E-state index in [1.165, 1.54) is 11.9 Å². The minimum atomic E-state index is -3.82. The van der Waals surface area contributed by atoms with E-state index in [1.54, 1.807) is 29.2 Å². The zero-order valence-corrected chi connectivity index (χ0v) is 18.3. The maximum Gasteiger partial charge on any atom is 0.321 e. The van der Waals surface area contributed by atoms with Crippen molar-refractivity contribution in [2.45, 2.75) is 11.3 Å². The summed E-state index contributed by atoms with van der Waals surface area (Å²) in [5.74, 6) is -1.43. The minimum Gasteiger partial charge on any atom is -0.337 e. The predicted octanol–water partition coefficient (Wildman–Crippen LogP) is 2.77. The first-order chi connectivity index (χ1) is 14.7. The lowest BCUT2D eigenvalue weighted by molar-refractivity contribution is 0.0757. The SMILES string of the molecule is CNS(=O)(=O)c1ccc(F)c(C(=O)N2CCCN(C(=O)Nc3cccc(Cl)c3)CC2)c1. The zero-order valence-electron chi connectivity index (χ0n) is 16.8. The van der Waals surface area contributed by atoms with Crippen molar-refractivity contribution in [3.63, 3.8) is 0 Å². The highest BCUT2D eigenvalue weighted by Gasteiger charge is 2.26. The Balaban J connectivity index is 1.70. The lowest BCUT2D eigenvalue weighted by Crippen LogP contribution is -2.39. The zero-order chi connectivity index (χ0) is 22.6. The van der Waals surface area contributed by atoms with Crippen LogP contribution in [0.25, 0.3) is 0 Å². The smallest absolute Gasteiger partial charge is 0.321 e. The summed E-state index contributed by atoms with van der Waals surface area (Å²) in [6.45, 7) is 1.15. The van der Waals surface area contributed by atoms with E-state index in [1.807, 2.05) is 0 Å². The lowest BCUT2D eigenvalue weighted by atomic mass is 10.2. The molecule has 1 fully saturated rings. The number of halogens is 2. The second-order valence-electron chi connectivity index (χ2n) is 6.92. The molecule has 2 aromatic rings. The van der Waals surface area contributed by atoms with Crippen LogP contribution < -0.4 is 10.0 Å². The predicted molar refractivity (Wildman–Crippen MR) is 115 cm³/mol. The number of benzene rings is 2. The Bertz CT molecular complexity index is 1100. The second-order valence-corrected chi connectivity index (χ2v) is 9.25. The molecule has 0 aromatic heterocycles. The van der Waals surface area contributed by atoms with Crippen LogP contribution >= 0.6 is 11.6 Å². The van der Waals surface area contributed by atoms with Crippen LogP contribution in [0.5, 0.6) is 0 Å². The lowest BCUT2D eigenvalue weighted by Gasteiger charge is -2.23. The van der Waals surface area contributed by atoms with Crippen molar-refractivity contribution in [1.29, 1.82) is 0 Å². The highest BCUT2D eigenvalue weighted by atomic mass is 35.5. The number of hydrogen-bond donors (Lipinski definition) is 2. The standard InChI is InChI=1S/C20H22ClFN4O4S/c1-23-31(29,30)16-6-7-18(22)17(13-16)19(27)25-8-3-9-26(11-10-25)20(28)24-15-5-2-4-14(21)12-15/h2,4-7,12-13,23H,3,8-11H2,1H3,(H,24,28). The van der Waals surface area contributed by atoms with Gasteiger partial charge in [-0.1, -0.05) is 17.7 Å². The molecule has 0 radical (unpaired) electrons. The quantitative estimate of drug-likeness (QED) is 0.720. The van der Waals surface area contributed by atoms with Gasteiger partial charge in [0.1, 0.15) is 5.82 Å². The van der Waals surface area contributed by atoms with Gasteiger partial charge < -0.3 is 15.1 Å². The maximum atomic E-state index is 14.3. The first-order valence-corrected chi connectivity index (χ1v) is 11.4. The molecule has 2 aromatic carbocycles. The van der Waals surface area contributed by atoms with Gasteiger partial charge in [0.05, 0.1) is 10.5 Å². The normalized spacial score (nSPS) is 14.8. The Hall–Kier alpha value is -2.69. The minimum absolute atomic E-state index is 0.185. The molecule has 1 saturated heterocycles. The molecule has 0 atom stereocenters. The molecular formula is C20H22ClFN4O4S. The molecule has 166 valence electrons. The highest BCUT2D eigenvalue weighted by Crippen LogP contribution is 2.19. The molecule has 3 rings (SSSR count). The van der Waals surface area contributed by atoms with Crippen molar-refractivity contribution in [1.82, 2.24) is 14.5 Å². The average molecular weight is 469 g/mol. The molecule has 0 aliphatic carbocycles. The molecule has 11 heteroatoms. The van der Waals surface area contributed by atoms with Gasteiger partial charge in [0, 0.05) is 36.9 Å². The van der Waals surface area contributed by atoms with Crippen LogP contribution in [0.1, 0.15) is 16.8 Å². The number of nitrogens with one attached hydrogen (secondary N) is 2. The molecule has 3 amide bonds. The van der Waals surface area contributed by atoms with Crippen LogP contribution in [0, 0.1) is 5.82 Å². The van der Waals surface area contributed by atoms with E-state index < -0.39 is 21.7 Å². The van der Waals surface area contributed by atoms with Gasteiger partial charge in [-0.15, -0.1) is 0 Å². The molecule has 2 N–H and O–H groups in total. The first kappa shape index (κ1) is 23.0. The van der Waals surface area contributed by atoms with Crippen LogP contribution in [0.15, 0.2) is 47.4 Å². The van der Waals surface area contributed by atoms with Crippen molar-refractivity contribution < 1.29 is 22.4 Å². The van der Waals surface area contributed by atoms with Gasteiger partial charge in [0.2, 0.25) is 10.0 Å². The summed E-state index contributed by atoms with van der Waals surface area (Å²) in [4.78, 5) is 28.2. The Morgan fingerprint density at radius 3 is 2.45 bits per heavy atom. The van der Waals surface area contributed by atoms with E-state index in [2.05, 4.69) is 10.0 Å². The van der Waals surface area contributed by atoms with Crippen LogP contribution in [0.3, 0.4) is 0 Å². The number of hydrogen-bond acceptors (Lipinski definition) is 4. The van der Waals surface area contributed by atoms with Crippen molar-refractivity contribution in [3.8, 4) is 0 Å². The van der Waals surface area contributed by atoms with Gasteiger partial charge in [0.15, 0.2) is 0 Å². The van der Waals surface area contributed by atoms with Crippen molar-refractivity contribution in [2.75, 3.05) is 38.5 Å². The molecule has 0 saturated carbocycles. The Kier molecular flexibility index (Phi) is 7.14. The topological polar surface area (TPSA) is 98.8 Å². The van der Waals surface area contributed by atoms with E-state index in [0.717, 1.165) is 18.2 Å². The summed E-state index contributed by atoms with van der Waals surface area (Å²) in [6, 6.07) is 9.51. The largest absolute Gasteiger partial charge is 0.337 e. The average Bonchev–Trinajstić information content (AvgIpc) is 3.00. The monoisotopic (exact) mass is 468 g/mol. The van der Waals surface area contributed by atoms with Gasteiger partial charge in [0.25, 0.3) is 5.91 Å². The highest BCUT2D eigenvalue weighted by molar-refractivity contribution is 7.89. The van der Waals surface area contributed by atoms with Crippen LogP contribution in [0.2, 0.25) is 5.02 Å². The first-order valence-electron chi connectivity index (χ1n) is 9.55. The molecule has 0 spiro atoms. The third-order valence-corrected chi connectivity index (χ3v) is 6.54. The van der Waals surface area contributed by atoms with Gasteiger partial charge >= 0.3 is 6.03 Å². The summed E-state index contributed by atoms with van der Waals surface area (Å²) in [7, 11) is -2.59. The third-order valence-electron chi connectivity index (χ3n) is 4.89. The summed E-state index contributed by atoms with van der Waals surface area (Å²) >= 11 is 5.93. The fraction of sp³-hybridized carbons (Fsp3) is 0.300. The molecule has 8 nitrogen and oxygen atoms in total. The van der Waals surface area contributed by atoms with E-state index in [9.17, 15) is 22.4 Å². The molecule has 0 bridgehead atoms. The van der Waals surface area contributed by atoms with Gasteiger partial charge in [-0.3, -0.25) is 4.79 Å². The Morgan fingerprint density at radius 2 is 1.74 bits per heavy atom. The number of nitrogens with zero attached hydrogens (tertiary/aromatic N) is 2. The van der Waals surface area contributed by atoms with E-state index >= 15 is 0 Å². The number of urea groups is 1. The number of anilines is 1. The number of carbonyl (C=O) groups excluding carboxylic acids is 2. The Morgan fingerprint density at radius 1 is 1.03 bits per heavy atom. The number of rotatable bonds is 4. The van der Waals surface area contributed by atoms with Crippen LogP contribution in [0.4, 0.5) is 14.9 Å². The molecule has 0 unspecified atom stereocenters. The molecule has 1 heterocycles. The number of carbonyl (C=O) groups is 2. The van der Waals surface area contributed by atoms with E-state index in [4.69, 9.17) is 11.6 Å². The molecular weight excluding hydrogens is 447 g/mol. The number of amides is 3. The second kappa shape index (κ2) is 9.63. The van der Waals surface area contributed by atoms with Crippen molar-refractivity contribution >= 4 is 39.2 Å². The Labute approximate surface area is 185 Å². The molecule has 31 heavy (non-hydrogen) atoms. The van der Waals surface area contributed by atoms with Crippen molar-refractivity contribution in [2.24, 2.45) is 0 Å². The fourth-order valence-electron chi connectivity index (χ4n) is 3.22. The van der Waals surface area contributed by atoms with Gasteiger partial charge in [-0.05, 0) is 49.9 Å².